The highest BCUT2D eigenvalue weighted by atomic mass is 35.5. The fourth-order valence-electron chi connectivity index (χ4n) is 5.63. The molecule has 0 spiro atoms. The molecule has 248 valence electrons. The van der Waals surface area contributed by atoms with E-state index in [9.17, 15) is 0 Å². The van der Waals surface area contributed by atoms with Crippen LogP contribution in [0.5, 0.6) is 0 Å². The highest BCUT2D eigenvalue weighted by Crippen LogP contribution is 2.22. The lowest BCUT2D eigenvalue weighted by atomic mass is 10.1. The maximum atomic E-state index is 6.28. The number of halogens is 2. The van der Waals surface area contributed by atoms with Gasteiger partial charge in [0.1, 0.15) is 11.7 Å². The summed E-state index contributed by atoms with van der Waals surface area (Å²) < 4.78 is 0. The van der Waals surface area contributed by atoms with Crippen molar-refractivity contribution in [1.82, 2.24) is 0 Å². The molecule has 0 bridgehead atoms. The lowest BCUT2D eigenvalue weighted by Gasteiger charge is -2.37. The van der Waals surface area contributed by atoms with Gasteiger partial charge in [0.25, 0.3) is 0 Å². The zero-order valence-corrected chi connectivity index (χ0v) is 29.2. The number of anilines is 2. The molecule has 1 aliphatic heterocycles. The van der Waals surface area contributed by atoms with Gasteiger partial charge in [-0.3, -0.25) is 9.98 Å². The zero-order valence-electron chi connectivity index (χ0n) is 27.5. The van der Waals surface area contributed by atoms with Gasteiger partial charge in [0.15, 0.2) is 0 Å². The van der Waals surface area contributed by atoms with E-state index in [1.807, 2.05) is 0 Å². The number of hydrogen-bond donors (Lipinski definition) is 2. The van der Waals surface area contributed by atoms with Gasteiger partial charge in [-0.1, -0.05) is 90.9 Å². The van der Waals surface area contributed by atoms with Crippen LogP contribution in [-0.2, 0) is 0 Å². The van der Waals surface area contributed by atoms with Gasteiger partial charge in [0.2, 0.25) is 0 Å². The van der Waals surface area contributed by atoms with Crippen molar-refractivity contribution in [2.24, 2.45) is 21.5 Å². The van der Waals surface area contributed by atoms with E-state index in [0.717, 1.165) is 63.2 Å². The third-order valence-corrected chi connectivity index (χ3v) is 8.42. The Kier molecular flexibility index (Phi) is 21.5. The van der Waals surface area contributed by atoms with Crippen LogP contribution in [0.15, 0.2) is 58.5 Å². The summed E-state index contributed by atoms with van der Waals surface area (Å²) in [7, 11) is 0. The van der Waals surface area contributed by atoms with Crippen molar-refractivity contribution in [1.29, 1.82) is 0 Å². The van der Waals surface area contributed by atoms with Crippen molar-refractivity contribution in [2.75, 3.05) is 49.1 Å². The first-order valence-corrected chi connectivity index (χ1v) is 16.9. The molecule has 0 radical (unpaired) electrons. The molecule has 44 heavy (non-hydrogen) atoms. The van der Waals surface area contributed by atoms with Crippen LogP contribution in [0.25, 0.3) is 0 Å². The summed E-state index contributed by atoms with van der Waals surface area (Å²) in [6.45, 7) is 10.1. The summed E-state index contributed by atoms with van der Waals surface area (Å²) in [4.78, 5) is 14.2. The second kappa shape index (κ2) is 23.9. The third kappa shape index (κ3) is 14.6. The van der Waals surface area contributed by atoms with E-state index in [2.05, 4.69) is 82.2 Å². The van der Waals surface area contributed by atoms with Crippen molar-refractivity contribution in [3.05, 3.63) is 59.7 Å². The quantitative estimate of drug-likeness (QED) is 0.0855. The van der Waals surface area contributed by atoms with Crippen molar-refractivity contribution in [3.8, 4) is 0 Å². The molecular weight excluding hydrogens is 587 g/mol. The van der Waals surface area contributed by atoms with E-state index in [0.29, 0.717) is 11.7 Å². The average Bonchev–Trinajstić information content (AvgIpc) is 3.03. The fourth-order valence-corrected chi connectivity index (χ4v) is 5.63. The lowest BCUT2D eigenvalue weighted by Crippen LogP contribution is -2.46. The fraction of sp³-hybridized carbons (Fsp3) is 0.611. The molecule has 0 aromatic heterocycles. The Hall–Kier alpha value is -2.44. The number of aliphatic imine (C=N–C) groups is 2. The second-order valence-electron chi connectivity index (χ2n) is 11.8. The van der Waals surface area contributed by atoms with Gasteiger partial charge in [-0.25, -0.2) is 0 Å². The van der Waals surface area contributed by atoms with Gasteiger partial charge in [-0.2, -0.15) is 0 Å². The number of benzene rings is 2. The van der Waals surface area contributed by atoms with Crippen molar-refractivity contribution >= 4 is 47.9 Å². The van der Waals surface area contributed by atoms with Crippen LogP contribution in [-0.4, -0.2) is 50.9 Å². The molecule has 0 unspecified atom stereocenters. The molecule has 4 N–H and O–H groups in total. The Morgan fingerprint density at radius 3 is 1.11 bits per heavy atom. The molecule has 6 nitrogen and oxygen atoms in total. The maximum absolute atomic E-state index is 6.28. The molecule has 8 heteroatoms. The summed E-state index contributed by atoms with van der Waals surface area (Å²) in [6.07, 6.45) is 18.1. The van der Waals surface area contributed by atoms with Gasteiger partial charge in [-0.05, 0) is 61.4 Å². The topological polar surface area (TPSA) is 83.2 Å². The zero-order chi connectivity index (χ0) is 29.8. The predicted octanol–water partition coefficient (Wildman–Crippen LogP) is 8.77. The normalized spacial score (nSPS) is 13.9. The second-order valence-corrected chi connectivity index (χ2v) is 11.8. The molecule has 0 atom stereocenters. The molecule has 0 saturated carbocycles. The Morgan fingerprint density at radius 1 is 0.500 bits per heavy atom. The molecule has 1 fully saturated rings. The van der Waals surface area contributed by atoms with Gasteiger partial charge in [0, 0.05) is 61.8 Å². The minimum Gasteiger partial charge on any atom is -0.384 e. The monoisotopic (exact) mass is 646 g/mol. The Labute approximate surface area is 281 Å². The van der Waals surface area contributed by atoms with Crippen LogP contribution < -0.4 is 21.3 Å². The van der Waals surface area contributed by atoms with Crippen LogP contribution in [0.1, 0.15) is 115 Å². The van der Waals surface area contributed by atoms with E-state index in [1.54, 1.807) is 0 Å². The van der Waals surface area contributed by atoms with Crippen molar-refractivity contribution < 1.29 is 0 Å². The number of amidine groups is 2. The maximum Gasteiger partial charge on any atom is 0.125 e. The van der Waals surface area contributed by atoms with Crippen LogP contribution in [0.3, 0.4) is 0 Å². The third-order valence-electron chi connectivity index (χ3n) is 8.42. The van der Waals surface area contributed by atoms with Crippen LogP contribution in [0.4, 0.5) is 11.4 Å². The smallest absolute Gasteiger partial charge is 0.125 e. The first-order valence-electron chi connectivity index (χ1n) is 16.9. The molecule has 0 aliphatic carbocycles. The van der Waals surface area contributed by atoms with Gasteiger partial charge < -0.3 is 21.3 Å². The van der Waals surface area contributed by atoms with Crippen molar-refractivity contribution in [2.45, 2.75) is 104 Å². The molecule has 1 aliphatic rings. The summed E-state index contributed by atoms with van der Waals surface area (Å²) >= 11 is 0. The van der Waals surface area contributed by atoms with Gasteiger partial charge in [0.05, 0.1) is 0 Å². The highest BCUT2D eigenvalue weighted by Gasteiger charge is 2.18. The molecule has 0 amide bonds. The molecule has 1 heterocycles. The summed E-state index contributed by atoms with van der Waals surface area (Å²) in [6, 6.07) is 17.2. The standard InChI is InChI=1S/C36H58N6.2ClH/c1-3-5-7-9-11-13-15-25-39-35(37)31-17-21-33(22-18-31)41-27-29-42(30-28-41)34-23-19-32(20-24-34)36(38)40-26-16-14-12-10-8-6-4-2;;/h17-24H,3-16,25-30H2,1-2H3,(H2,37,39)(H2,38,40);2*1H. The summed E-state index contributed by atoms with van der Waals surface area (Å²) in [5.74, 6) is 1.31. The Morgan fingerprint density at radius 2 is 0.795 bits per heavy atom. The number of piperazine rings is 1. The summed E-state index contributed by atoms with van der Waals surface area (Å²) in [5, 5.41) is 0. The number of unbranched alkanes of at least 4 members (excludes halogenated alkanes) is 12. The van der Waals surface area contributed by atoms with Gasteiger partial charge in [-0.15, -0.1) is 24.8 Å². The molecule has 2 aromatic rings. The highest BCUT2D eigenvalue weighted by molar-refractivity contribution is 5.98. The largest absolute Gasteiger partial charge is 0.384 e. The van der Waals surface area contributed by atoms with E-state index in [-0.39, 0.29) is 24.8 Å². The first-order chi connectivity index (χ1) is 20.6. The number of nitrogens with two attached hydrogens (primary N) is 2. The number of nitrogens with zero attached hydrogens (tertiary/aromatic N) is 4. The van der Waals surface area contributed by atoms with Crippen LogP contribution >= 0.6 is 24.8 Å². The molecule has 1 saturated heterocycles. The first kappa shape index (κ1) is 39.6. The van der Waals surface area contributed by atoms with E-state index in [1.165, 1.54) is 88.4 Å². The van der Waals surface area contributed by atoms with E-state index >= 15 is 0 Å². The number of rotatable bonds is 20. The molecular formula is C36H60Cl2N6. The van der Waals surface area contributed by atoms with Crippen molar-refractivity contribution in [3.63, 3.8) is 0 Å². The van der Waals surface area contributed by atoms with E-state index in [4.69, 9.17) is 11.5 Å². The minimum absolute atomic E-state index is 0. The average molecular weight is 648 g/mol. The SMILES string of the molecule is CCCCCCCCCN=C(N)c1ccc(N2CCN(c3ccc(C(N)=NCCCCCCCCC)cc3)CC2)cc1.Cl.Cl. The Balaban J connectivity index is 0.00000484. The molecule has 3 rings (SSSR count). The Bertz CT molecular complexity index is 962. The van der Waals surface area contributed by atoms with E-state index < -0.39 is 0 Å². The lowest BCUT2D eigenvalue weighted by molar-refractivity contribution is 0.593. The minimum atomic E-state index is 0. The van der Waals surface area contributed by atoms with Crippen LogP contribution in [0, 0.1) is 0 Å². The predicted molar refractivity (Wildman–Crippen MR) is 199 cm³/mol. The summed E-state index contributed by atoms with van der Waals surface area (Å²) in [5.41, 5.74) is 17.1. The number of hydrogen-bond acceptors (Lipinski definition) is 4. The molecule has 2 aromatic carbocycles. The van der Waals surface area contributed by atoms with Gasteiger partial charge >= 0.3 is 0 Å². The van der Waals surface area contributed by atoms with Crippen LogP contribution in [0.2, 0.25) is 0 Å².